The van der Waals surface area contributed by atoms with E-state index in [4.69, 9.17) is 5.26 Å². The Balaban J connectivity index is 1.45. The van der Waals surface area contributed by atoms with Crippen LogP contribution in [0.5, 0.6) is 0 Å². The molecule has 1 atom stereocenters. The second-order valence-corrected chi connectivity index (χ2v) is 7.53. The van der Waals surface area contributed by atoms with Gasteiger partial charge in [-0.05, 0) is 34.9 Å². The first-order chi connectivity index (χ1) is 16.1. The number of aromatic nitrogens is 1. The van der Waals surface area contributed by atoms with E-state index in [1.165, 1.54) is 0 Å². The molecule has 0 saturated carbocycles. The van der Waals surface area contributed by atoms with Crippen molar-refractivity contribution in [3.05, 3.63) is 90.6 Å². The summed E-state index contributed by atoms with van der Waals surface area (Å²) in [6.45, 7) is -0.131. The fourth-order valence-electron chi connectivity index (χ4n) is 3.68. The van der Waals surface area contributed by atoms with Crippen molar-refractivity contribution < 1.29 is 9.59 Å². The van der Waals surface area contributed by atoms with Gasteiger partial charge in [-0.2, -0.15) is 5.26 Å². The van der Waals surface area contributed by atoms with Gasteiger partial charge >= 0.3 is 6.03 Å². The SMILES string of the molecule is N#CCNC(=O)C(Cc1c[nH]c2ccccc12)NC(=O)Nc1ccc(-c2ccccc2)cc1. The fourth-order valence-corrected chi connectivity index (χ4v) is 3.68. The molecule has 3 amide bonds. The highest BCUT2D eigenvalue weighted by Gasteiger charge is 2.22. The van der Waals surface area contributed by atoms with Crippen LogP contribution in [0.25, 0.3) is 22.0 Å². The molecule has 1 unspecified atom stereocenters. The fraction of sp³-hybridized carbons (Fsp3) is 0.115. The van der Waals surface area contributed by atoms with E-state index in [1.54, 1.807) is 0 Å². The monoisotopic (exact) mass is 437 g/mol. The number of nitrogens with zero attached hydrogens (tertiary/aromatic N) is 1. The number of anilines is 1. The summed E-state index contributed by atoms with van der Waals surface area (Å²) in [4.78, 5) is 28.5. The number of carbonyl (C=O) groups excluding carboxylic acids is 2. The summed E-state index contributed by atoms with van der Waals surface area (Å²) in [7, 11) is 0. The molecule has 164 valence electrons. The maximum absolute atomic E-state index is 12.7. The second-order valence-electron chi connectivity index (χ2n) is 7.53. The number of carbonyl (C=O) groups is 2. The Hall–Kier alpha value is -4.57. The van der Waals surface area contributed by atoms with Crippen molar-refractivity contribution in [2.24, 2.45) is 0 Å². The number of amides is 3. The lowest BCUT2D eigenvalue weighted by Gasteiger charge is -2.18. The van der Waals surface area contributed by atoms with Gasteiger partial charge < -0.3 is 20.9 Å². The van der Waals surface area contributed by atoms with Crippen molar-refractivity contribution in [1.82, 2.24) is 15.6 Å². The molecule has 0 fully saturated rings. The zero-order chi connectivity index (χ0) is 23.0. The number of rotatable bonds is 7. The Bertz CT molecular complexity index is 1290. The van der Waals surface area contributed by atoms with E-state index in [0.29, 0.717) is 5.69 Å². The molecule has 7 nitrogen and oxygen atoms in total. The first-order valence-electron chi connectivity index (χ1n) is 10.6. The maximum Gasteiger partial charge on any atom is 0.319 e. The summed E-state index contributed by atoms with van der Waals surface area (Å²) >= 11 is 0. The number of urea groups is 1. The van der Waals surface area contributed by atoms with Crippen LogP contribution < -0.4 is 16.0 Å². The molecule has 3 aromatic carbocycles. The second kappa shape index (κ2) is 10.2. The van der Waals surface area contributed by atoms with Crippen LogP contribution in [-0.4, -0.2) is 29.5 Å². The summed E-state index contributed by atoms with van der Waals surface area (Å²) in [5.74, 6) is -0.420. The molecule has 0 aliphatic rings. The quantitative estimate of drug-likeness (QED) is 0.325. The standard InChI is InChI=1S/C26H23N5O2/c27-14-15-28-25(32)24(16-20-17-29-23-9-5-4-8-22(20)23)31-26(33)30-21-12-10-19(11-13-21)18-6-2-1-3-7-18/h1-13,17,24,29H,15-16H2,(H,28,32)(H2,30,31,33). The molecule has 0 spiro atoms. The number of aromatic amines is 1. The van der Waals surface area contributed by atoms with Crippen LogP contribution in [0.3, 0.4) is 0 Å². The van der Waals surface area contributed by atoms with E-state index >= 15 is 0 Å². The van der Waals surface area contributed by atoms with Crippen molar-refractivity contribution in [2.75, 3.05) is 11.9 Å². The van der Waals surface area contributed by atoms with Gasteiger partial charge in [0.15, 0.2) is 0 Å². The summed E-state index contributed by atoms with van der Waals surface area (Å²) in [6, 6.07) is 25.7. The van der Waals surface area contributed by atoms with Gasteiger partial charge in [0, 0.05) is 29.2 Å². The van der Waals surface area contributed by atoms with E-state index in [0.717, 1.165) is 27.6 Å². The lowest BCUT2D eigenvalue weighted by molar-refractivity contribution is -0.122. The van der Waals surface area contributed by atoms with Gasteiger partial charge in [-0.15, -0.1) is 0 Å². The lowest BCUT2D eigenvalue weighted by Crippen LogP contribution is -2.49. The summed E-state index contributed by atoms with van der Waals surface area (Å²) in [5.41, 5.74) is 4.58. The molecule has 33 heavy (non-hydrogen) atoms. The molecule has 0 bridgehead atoms. The third-order valence-corrected chi connectivity index (χ3v) is 5.31. The molecule has 4 rings (SSSR count). The summed E-state index contributed by atoms with van der Waals surface area (Å²) < 4.78 is 0. The highest BCUT2D eigenvalue weighted by Crippen LogP contribution is 2.21. The van der Waals surface area contributed by atoms with Gasteiger partial charge in [0.25, 0.3) is 0 Å². The van der Waals surface area contributed by atoms with Crippen molar-refractivity contribution in [3.63, 3.8) is 0 Å². The first kappa shape index (κ1) is 21.7. The molecule has 4 N–H and O–H groups in total. The van der Waals surface area contributed by atoms with E-state index in [-0.39, 0.29) is 13.0 Å². The van der Waals surface area contributed by atoms with Gasteiger partial charge in [0.05, 0.1) is 6.07 Å². The van der Waals surface area contributed by atoms with Crippen LogP contribution in [0.2, 0.25) is 0 Å². The molecule has 7 heteroatoms. The van der Waals surface area contributed by atoms with E-state index < -0.39 is 18.0 Å². The van der Waals surface area contributed by atoms with Crippen LogP contribution in [0.4, 0.5) is 10.5 Å². The highest BCUT2D eigenvalue weighted by molar-refractivity contribution is 5.94. The minimum atomic E-state index is -0.846. The average molecular weight is 438 g/mol. The van der Waals surface area contributed by atoms with Gasteiger partial charge in [0.1, 0.15) is 12.6 Å². The molecule has 4 aromatic rings. The Morgan fingerprint density at radius 1 is 0.909 bits per heavy atom. The minimum absolute atomic E-state index is 0.131. The molecule has 0 saturated heterocycles. The van der Waals surface area contributed by atoms with Gasteiger partial charge in [-0.1, -0.05) is 60.7 Å². The van der Waals surface area contributed by atoms with Crippen LogP contribution in [-0.2, 0) is 11.2 Å². The average Bonchev–Trinajstić information content (AvgIpc) is 3.26. The number of hydrogen-bond donors (Lipinski definition) is 4. The first-order valence-corrected chi connectivity index (χ1v) is 10.6. The predicted molar refractivity (Wildman–Crippen MR) is 128 cm³/mol. The summed E-state index contributed by atoms with van der Waals surface area (Å²) in [5, 5.41) is 17.8. The van der Waals surface area contributed by atoms with Gasteiger partial charge in [-0.25, -0.2) is 4.79 Å². The Labute approximate surface area is 191 Å². The summed E-state index contributed by atoms with van der Waals surface area (Å²) in [6.07, 6.45) is 2.11. The maximum atomic E-state index is 12.7. The number of hydrogen-bond acceptors (Lipinski definition) is 3. The number of H-pyrrole nitrogens is 1. The lowest BCUT2D eigenvalue weighted by atomic mass is 10.0. The zero-order valence-corrected chi connectivity index (χ0v) is 17.8. The largest absolute Gasteiger partial charge is 0.361 e. The number of benzene rings is 3. The van der Waals surface area contributed by atoms with Crippen molar-refractivity contribution in [3.8, 4) is 17.2 Å². The normalized spacial score (nSPS) is 11.4. The van der Waals surface area contributed by atoms with Crippen LogP contribution in [0, 0.1) is 11.3 Å². The van der Waals surface area contributed by atoms with E-state index in [9.17, 15) is 9.59 Å². The number of nitrogens with one attached hydrogen (secondary N) is 4. The predicted octanol–water partition coefficient (Wildman–Crippen LogP) is 4.21. The molecule has 1 aromatic heterocycles. The van der Waals surface area contributed by atoms with Crippen LogP contribution in [0.15, 0.2) is 85.1 Å². The third-order valence-electron chi connectivity index (χ3n) is 5.31. The minimum Gasteiger partial charge on any atom is -0.361 e. The Morgan fingerprint density at radius 3 is 2.36 bits per heavy atom. The van der Waals surface area contributed by atoms with Crippen molar-refractivity contribution in [2.45, 2.75) is 12.5 Å². The number of fused-ring (bicyclic) bond motifs is 1. The Morgan fingerprint density at radius 2 is 1.61 bits per heavy atom. The topological polar surface area (TPSA) is 110 Å². The Kier molecular flexibility index (Phi) is 6.67. The van der Waals surface area contributed by atoms with Gasteiger partial charge in [-0.3, -0.25) is 4.79 Å². The number of para-hydroxylation sites is 1. The third kappa shape index (κ3) is 5.38. The molecular weight excluding hydrogens is 414 g/mol. The zero-order valence-electron chi connectivity index (χ0n) is 17.8. The van der Waals surface area contributed by atoms with E-state index in [2.05, 4.69) is 20.9 Å². The van der Waals surface area contributed by atoms with Crippen molar-refractivity contribution >= 4 is 28.5 Å². The smallest absolute Gasteiger partial charge is 0.319 e. The molecule has 0 aliphatic carbocycles. The molecule has 1 heterocycles. The van der Waals surface area contributed by atoms with Crippen LogP contribution >= 0.6 is 0 Å². The molecular formula is C26H23N5O2. The molecule has 0 aliphatic heterocycles. The number of nitriles is 1. The van der Waals surface area contributed by atoms with Crippen LogP contribution in [0.1, 0.15) is 5.56 Å². The van der Waals surface area contributed by atoms with Crippen molar-refractivity contribution in [1.29, 1.82) is 5.26 Å². The highest BCUT2D eigenvalue weighted by atomic mass is 16.2. The molecule has 0 radical (unpaired) electrons. The van der Waals surface area contributed by atoms with E-state index in [1.807, 2.05) is 91.1 Å². The van der Waals surface area contributed by atoms with Gasteiger partial charge in [0.2, 0.25) is 5.91 Å².